The predicted molar refractivity (Wildman–Crippen MR) is 104 cm³/mol. The lowest BCUT2D eigenvalue weighted by molar-refractivity contribution is -0.131. The maximum atomic E-state index is 12.8. The number of hydrogen-bond acceptors (Lipinski definition) is 5. The zero-order valence-electron chi connectivity index (χ0n) is 15.8. The first-order chi connectivity index (χ1) is 13.5. The van der Waals surface area contributed by atoms with Crippen molar-refractivity contribution in [2.45, 2.75) is 19.8 Å². The van der Waals surface area contributed by atoms with E-state index in [4.69, 9.17) is 9.47 Å². The van der Waals surface area contributed by atoms with Crippen LogP contribution in [0, 0.1) is 5.41 Å². The van der Waals surface area contributed by atoms with Gasteiger partial charge in [0.05, 0.1) is 25.0 Å². The minimum absolute atomic E-state index is 0.231. The van der Waals surface area contributed by atoms with E-state index in [0.29, 0.717) is 30.0 Å². The molecule has 0 heterocycles. The van der Waals surface area contributed by atoms with E-state index in [1.165, 1.54) is 0 Å². The van der Waals surface area contributed by atoms with E-state index in [-0.39, 0.29) is 18.1 Å². The topological polar surface area (TPSA) is 93.7 Å². The Morgan fingerprint density at radius 3 is 2.21 bits per heavy atom. The van der Waals surface area contributed by atoms with Crippen molar-refractivity contribution < 1.29 is 23.9 Å². The third-order valence-electron chi connectivity index (χ3n) is 4.64. The molecule has 0 aromatic heterocycles. The van der Waals surface area contributed by atoms with Gasteiger partial charge < -0.3 is 20.1 Å². The summed E-state index contributed by atoms with van der Waals surface area (Å²) in [5.74, 6) is -0.655. The molecule has 1 aliphatic carbocycles. The third kappa shape index (κ3) is 3.98. The second-order valence-electron chi connectivity index (χ2n) is 6.48. The molecule has 7 heteroatoms. The fourth-order valence-corrected chi connectivity index (χ4v) is 2.83. The molecule has 7 nitrogen and oxygen atoms in total. The lowest BCUT2D eigenvalue weighted by Gasteiger charge is -2.17. The maximum Gasteiger partial charge on any atom is 0.340 e. The molecule has 1 fully saturated rings. The van der Waals surface area contributed by atoms with Gasteiger partial charge in [-0.1, -0.05) is 12.1 Å². The number of esters is 1. The number of nitrogens with one attached hydrogen (secondary N) is 2. The molecule has 0 bridgehead atoms. The number of para-hydroxylation sites is 1. The van der Waals surface area contributed by atoms with Crippen molar-refractivity contribution in [2.24, 2.45) is 5.41 Å². The molecule has 0 spiro atoms. The highest BCUT2D eigenvalue weighted by Gasteiger charge is 2.56. The van der Waals surface area contributed by atoms with Gasteiger partial charge in [0.1, 0.15) is 11.2 Å². The van der Waals surface area contributed by atoms with Crippen LogP contribution in [0.4, 0.5) is 11.4 Å². The van der Waals surface area contributed by atoms with Gasteiger partial charge >= 0.3 is 5.97 Å². The molecular weight excluding hydrogens is 360 g/mol. The molecule has 2 N–H and O–H groups in total. The molecule has 146 valence electrons. The van der Waals surface area contributed by atoms with E-state index in [1.54, 1.807) is 62.6 Å². The number of rotatable bonds is 7. The Hall–Kier alpha value is -3.35. The standard InChI is InChI=1S/C21H22N2O5/c1-3-28-18(24)16-6-4-5-7-17(16)23-20(26)21(12-13-21)19(25)22-14-8-10-15(27-2)11-9-14/h4-11H,3,12-13H2,1-2H3,(H,22,25)(H,23,26). The molecular formula is C21H22N2O5. The number of benzene rings is 2. The van der Waals surface area contributed by atoms with Crippen LogP contribution in [0.25, 0.3) is 0 Å². The number of amides is 2. The summed E-state index contributed by atoms with van der Waals surface area (Å²) in [5.41, 5.74) is 0.0251. The van der Waals surface area contributed by atoms with Crippen LogP contribution in [0.1, 0.15) is 30.1 Å². The van der Waals surface area contributed by atoms with Crippen LogP contribution in [-0.4, -0.2) is 31.5 Å². The third-order valence-corrected chi connectivity index (χ3v) is 4.64. The van der Waals surface area contributed by atoms with E-state index in [0.717, 1.165) is 0 Å². The van der Waals surface area contributed by atoms with Gasteiger partial charge in [-0.3, -0.25) is 9.59 Å². The highest BCUT2D eigenvalue weighted by Crippen LogP contribution is 2.47. The molecule has 0 unspecified atom stereocenters. The van der Waals surface area contributed by atoms with E-state index < -0.39 is 17.3 Å². The molecule has 0 saturated heterocycles. The summed E-state index contributed by atoms with van der Waals surface area (Å²) in [5, 5.41) is 5.49. The Kier molecular flexibility index (Phi) is 5.63. The van der Waals surface area contributed by atoms with Crippen LogP contribution in [-0.2, 0) is 14.3 Å². The second kappa shape index (κ2) is 8.12. The van der Waals surface area contributed by atoms with Crippen molar-refractivity contribution in [3.8, 4) is 5.75 Å². The van der Waals surface area contributed by atoms with E-state index in [2.05, 4.69) is 10.6 Å². The van der Waals surface area contributed by atoms with Crippen molar-refractivity contribution in [3.05, 3.63) is 54.1 Å². The van der Waals surface area contributed by atoms with Crippen LogP contribution >= 0.6 is 0 Å². The van der Waals surface area contributed by atoms with Gasteiger partial charge in [0.25, 0.3) is 0 Å². The highest BCUT2D eigenvalue weighted by atomic mass is 16.5. The Morgan fingerprint density at radius 2 is 1.61 bits per heavy atom. The summed E-state index contributed by atoms with van der Waals surface area (Å²) in [6.45, 7) is 1.94. The minimum Gasteiger partial charge on any atom is -0.497 e. The molecule has 1 aliphatic rings. The molecule has 0 atom stereocenters. The zero-order valence-corrected chi connectivity index (χ0v) is 15.8. The fraction of sp³-hybridized carbons (Fsp3) is 0.286. The van der Waals surface area contributed by atoms with Gasteiger partial charge in [0.15, 0.2) is 0 Å². The Morgan fingerprint density at radius 1 is 0.964 bits per heavy atom. The van der Waals surface area contributed by atoms with Crippen LogP contribution in [0.5, 0.6) is 5.75 Å². The first kappa shape index (κ1) is 19.4. The average molecular weight is 382 g/mol. The molecule has 2 amide bonds. The summed E-state index contributed by atoms with van der Waals surface area (Å²) >= 11 is 0. The number of carbonyl (C=O) groups is 3. The number of methoxy groups -OCH3 is 1. The van der Waals surface area contributed by atoms with Gasteiger partial charge in [-0.05, 0) is 56.2 Å². The quantitative estimate of drug-likeness (QED) is 0.566. The predicted octanol–water partition coefficient (Wildman–Crippen LogP) is 3.23. The number of hydrogen-bond donors (Lipinski definition) is 2. The maximum absolute atomic E-state index is 12.8. The van der Waals surface area contributed by atoms with Crippen LogP contribution in [0.2, 0.25) is 0 Å². The van der Waals surface area contributed by atoms with Gasteiger partial charge in [0.2, 0.25) is 11.8 Å². The summed E-state index contributed by atoms with van der Waals surface area (Å²) in [6, 6.07) is 13.4. The van der Waals surface area contributed by atoms with Gasteiger partial charge in [-0.25, -0.2) is 4.79 Å². The molecule has 0 radical (unpaired) electrons. The van der Waals surface area contributed by atoms with Crippen molar-refractivity contribution in [3.63, 3.8) is 0 Å². The summed E-state index contributed by atoms with van der Waals surface area (Å²) in [4.78, 5) is 37.6. The van der Waals surface area contributed by atoms with Crippen LogP contribution < -0.4 is 15.4 Å². The zero-order chi connectivity index (χ0) is 20.1. The van der Waals surface area contributed by atoms with Crippen molar-refractivity contribution in [1.29, 1.82) is 0 Å². The first-order valence-electron chi connectivity index (χ1n) is 9.03. The Bertz CT molecular complexity index is 888. The van der Waals surface area contributed by atoms with Crippen LogP contribution in [0.3, 0.4) is 0 Å². The summed E-state index contributed by atoms with van der Waals surface area (Å²) < 4.78 is 10.1. The van der Waals surface area contributed by atoms with Gasteiger partial charge in [-0.2, -0.15) is 0 Å². The highest BCUT2D eigenvalue weighted by molar-refractivity contribution is 6.17. The van der Waals surface area contributed by atoms with Gasteiger partial charge in [0, 0.05) is 5.69 Å². The molecule has 2 aromatic rings. The number of ether oxygens (including phenoxy) is 2. The molecule has 28 heavy (non-hydrogen) atoms. The Balaban J connectivity index is 1.72. The number of anilines is 2. The molecule has 1 saturated carbocycles. The molecule has 2 aromatic carbocycles. The monoisotopic (exact) mass is 382 g/mol. The lowest BCUT2D eigenvalue weighted by Crippen LogP contribution is -2.36. The molecule has 0 aliphatic heterocycles. The van der Waals surface area contributed by atoms with Crippen molar-refractivity contribution in [1.82, 2.24) is 0 Å². The van der Waals surface area contributed by atoms with Crippen molar-refractivity contribution >= 4 is 29.2 Å². The van der Waals surface area contributed by atoms with Crippen LogP contribution in [0.15, 0.2) is 48.5 Å². The second-order valence-corrected chi connectivity index (χ2v) is 6.48. The van der Waals surface area contributed by atoms with E-state index >= 15 is 0 Å². The van der Waals surface area contributed by atoms with E-state index in [9.17, 15) is 14.4 Å². The fourth-order valence-electron chi connectivity index (χ4n) is 2.83. The largest absolute Gasteiger partial charge is 0.497 e. The summed E-state index contributed by atoms with van der Waals surface area (Å²) in [7, 11) is 1.56. The first-order valence-corrected chi connectivity index (χ1v) is 9.03. The molecule has 3 rings (SSSR count). The smallest absolute Gasteiger partial charge is 0.340 e. The normalized spacial score (nSPS) is 13.9. The van der Waals surface area contributed by atoms with Gasteiger partial charge in [-0.15, -0.1) is 0 Å². The van der Waals surface area contributed by atoms with E-state index in [1.807, 2.05) is 0 Å². The minimum atomic E-state index is -1.14. The average Bonchev–Trinajstić information content (AvgIpc) is 3.51. The van der Waals surface area contributed by atoms with Crippen molar-refractivity contribution in [2.75, 3.05) is 24.4 Å². The lowest BCUT2D eigenvalue weighted by atomic mass is 10.0. The number of carbonyl (C=O) groups excluding carboxylic acids is 3. The Labute approximate surface area is 163 Å². The SMILES string of the molecule is CCOC(=O)c1ccccc1NC(=O)C1(C(=O)Nc2ccc(OC)cc2)CC1. The summed E-state index contributed by atoms with van der Waals surface area (Å²) in [6.07, 6.45) is 0.894.